The largest absolute Gasteiger partial charge is 0.375 e. The summed E-state index contributed by atoms with van der Waals surface area (Å²) in [4.78, 5) is -0.337. The third-order valence-electron chi connectivity index (χ3n) is 3.48. The summed E-state index contributed by atoms with van der Waals surface area (Å²) in [5, 5.41) is 0. The van der Waals surface area contributed by atoms with Gasteiger partial charge in [0.2, 0.25) is 10.0 Å². The van der Waals surface area contributed by atoms with Crippen molar-refractivity contribution >= 4 is 10.0 Å². The Bertz CT molecular complexity index is 794. The Morgan fingerprint density at radius 2 is 1.83 bits per heavy atom. The maximum atomic E-state index is 13.2. The van der Waals surface area contributed by atoms with E-state index in [0.29, 0.717) is 6.07 Å². The number of rotatable bonds is 6. The lowest BCUT2D eigenvalue weighted by Gasteiger charge is -2.18. The van der Waals surface area contributed by atoms with Gasteiger partial charge in [-0.05, 0) is 36.2 Å². The van der Waals surface area contributed by atoms with E-state index in [-0.39, 0.29) is 11.4 Å². The summed E-state index contributed by atoms with van der Waals surface area (Å²) >= 11 is 0. The van der Waals surface area contributed by atoms with Gasteiger partial charge >= 0.3 is 0 Å². The topological polar surface area (TPSA) is 55.4 Å². The summed E-state index contributed by atoms with van der Waals surface area (Å²) in [6.07, 6.45) is -0.490. The van der Waals surface area contributed by atoms with Crippen LogP contribution in [0.1, 0.15) is 17.2 Å². The van der Waals surface area contributed by atoms with Crippen molar-refractivity contribution in [2.24, 2.45) is 0 Å². The average Bonchev–Trinajstić information content (AvgIpc) is 2.52. The standard InChI is InChI=1S/C16H17F2NO3S/c1-11-5-3-4-6-13(11)16(22-2)10-19-23(20,21)12-7-8-14(17)15(18)9-12/h3-9,16,19H,10H2,1-2H3. The Labute approximate surface area is 134 Å². The fourth-order valence-corrected chi connectivity index (χ4v) is 3.22. The molecule has 0 aromatic heterocycles. The van der Waals surface area contributed by atoms with Crippen molar-refractivity contribution < 1.29 is 21.9 Å². The summed E-state index contributed by atoms with van der Waals surface area (Å²) in [5.41, 5.74) is 1.81. The molecule has 2 aromatic rings. The van der Waals surface area contributed by atoms with Gasteiger partial charge in [-0.15, -0.1) is 0 Å². The predicted octanol–water partition coefficient (Wildman–Crippen LogP) is 2.94. The molecule has 23 heavy (non-hydrogen) atoms. The SMILES string of the molecule is COC(CNS(=O)(=O)c1ccc(F)c(F)c1)c1ccccc1C. The first-order valence-electron chi connectivity index (χ1n) is 6.88. The molecule has 0 bridgehead atoms. The lowest BCUT2D eigenvalue weighted by atomic mass is 10.0. The first kappa shape index (κ1) is 17.5. The average molecular weight is 341 g/mol. The highest BCUT2D eigenvalue weighted by Crippen LogP contribution is 2.21. The van der Waals surface area contributed by atoms with Crippen LogP contribution in [0.25, 0.3) is 0 Å². The highest BCUT2D eigenvalue weighted by Gasteiger charge is 2.20. The monoisotopic (exact) mass is 341 g/mol. The summed E-state index contributed by atoms with van der Waals surface area (Å²) in [7, 11) is -2.49. The molecule has 1 atom stereocenters. The molecular weight excluding hydrogens is 324 g/mol. The zero-order valence-corrected chi connectivity index (χ0v) is 13.5. The fourth-order valence-electron chi connectivity index (χ4n) is 2.18. The van der Waals surface area contributed by atoms with Crippen LogP contribution in [0, 0.1) is 18.6 Å². The summed E-state index contributed by atoms with van der Waals surface area (Å²) in [5.74, 6) is -2.31. The molecule has 0 aliphatic carbocycles. The highest BCUT2D eigenvalue weighted by molar-refractivity contribution is 7.89. The van der Waals surface area contributed by atoms with Crippen molar-refractivity contribution in [1.82, 2.24) is 4.72 Å². The van der Waals surface area contributed by atoms with Crippen molar-refractivity contribution in [3.8, 4) is 0 Å². The van der Waals surface area contributed by atoms with E-state index in [2.05, 4.69) is 4.72 Å². The number of methoxy groups -OCH3 is 1. The first-order chi connectivity index (χ1) is 10.8. The Kier molecular flexibility index (Phi) is 5.46. The van der Waals surface area contributed by atoms with Gasteiger partial charge in [0.05, 0.1) is 11.0 Å². The van der Waals surface area contributed by atoms with Gasteiger partial charge in [0.15, 0.2) is 11.6 Å². The number of halogens is 2. The summed E-state index contributed by atoms with van der Waals surface area (Å²) in [6.45, 7) is 1.87. The second-order valence-electron chi connectivity index (χ2n) is 5.01. The zero-order chi connectivity index (χ0) is 17.0. The first-order valence-corrected chi connectivity index (χ1v) is 8.36. The van der Waals surface area contributed by atoms with Crippen LogP contribution in [-0.4, -0.2) is 22.1 Å². The van der Waals surface area contributed by atoms with Crippen LogP contribution in [0.4, 0.5) is 8.78 Å². The predicted molar refractivity (Wildman–Crippen MR) is 82.5 cm³/mol. The van der Waals surface area contributed by atoms with Crippen LogP contribution in [0.3, 0.4) is 0 Å². The molecule has 0 saturated carbocycles. The lowest BCUT2D eigenvalue weighted by molar-refractivity contribution is 0.107. The Balaban J connectivity index is 2.17. The van der Waals surface area contributed by atoms with Crippen LogP contribution in [-0.2, 0) is 14.8 Å². The molecule has 1 unspecified atom stereocenters. The molecule has 1 N–H and O–H groups in total. The van der Waals surface area contributed by atoms with Crippen molar-refractivity contribution in [2.75, 3.05) is 13.7 Å². The molecule has 7 heteroatoms. The molecule has 2 rings (SSSR count). The Morgan fingerprint density at radius 3 is 2.43 bits per heavy atom. The molecule has 0 spiro atoms. The van der Waals surface area contributed by atoms with Crippen molar-refractivity contribution in [2.45, 2.75) is 17.9 Å². The zero-order valence-electron chi connectivity index (χ0n) is 12.7. The van der Waals surface area contributed by atoms with Crippen LogP contribution in [0.5, 0.6) is 0 Å². The normalized spacial score (nSPS) is 13.0. The van der Waals surface area contributed by atoms with Gasteiger partial charge in [0.1, 0.15) is 0 Å². The molecule has 0 amide bonds. The lowest BCUT2D eigenvalue weighted by Crippen LogP contribution is -2.29. The van der Waals surface area contributed by atoms with E-state index in [9.17, 15) is 17.2 Å². The van der Waals surface area contributed by atoms with E-state index in [1.165, 1.54) is 7.11 Å². The van der Waals surface area contributed by atoms with E-state index < -0.39 is 27.8 Å². The third-order valence-corrected chi connectivity index (χ3v) is 4.90. The van der Waals surface area contributed by atoms with Gasteiger partial charge < -0.3 is 4.74 Å². The smallest absolute Gasteiger partial charge is 0.240 e. The van der Waals surface area contributed by atoms with E-state index >= 15 is 0 Å². The minimum absolute atomic E-state index is 0.0251. The molecule has 0 aliphatic heterocycles. The van der Waals surface area contributed by atoms with Gasteiger partial charge in [-0.3, -0.25) is 0 Å². The van der Waals surface area contributed by atoms with Crippen molar-refractivity contribution in [1.29, 1.82) is 0 Å². The molecule has 0 aliphatic rings. The molecule has 2 aromatic carbocycles. The number of ether oxygens (including phenoxy) is 1. The third kappa shape index (κ3) is 4.13. The maximum Gasteiger partial charge on any atom is 0.240 e. The van der Waals surface area contributed by atoms with Gasteiger partial charge in [-0.1, -0.05) is 24.3 Å². The van der Waals surface area contributed by atoms with E-state index in [0.717, 1.165) is 23.3 Å². The van der Waals surface area contributed by atoms with Gasteiger partial charge in [0.25, 0.3) is 0 Å². The number of nitrogens with one attached hydrogen (secondary N) is 1. The van der Waals surface area contributed by atoms with Crippen LogP contribution < -0.4 is 4.72 Å². The quantitative estimate of drug-likeness (QED) is 0.879. The number of aryl methyl sites for hydroxylation is 1. The Morgan fingerprint density at radius 1 is 1.13 bits per heavy atom. The minimum atomic E-state index is -3.96. The van der Waals surface area contributed by atoms with Gasteiger partial charge in [0, 0.05) is 13.7 Å². The molecule has 0 saturated heterocycles. The van der Waals surface area contributed by atoms with Crippen LogP contribution in [0.2, 0.25) is 0 Å². The highest BCUT2D eigenvalue weighted by atomic mass is 32.2. The molecule has 124 valence electrons. The van der Waals surface area contributed by atoms with E-state index in [1.54, 1.807) is 0 Å². The summed E-state index contributed by atoms with van der Waals surface area (Å²) < 4.78 is 58.2. The number of sulfonamides is 1. The second-order valence-corrected chi connectivity index (χ2v) is 6.78. The number of benzene rings is 2. The number of hydrogen-bond acceptors (Lipinski definition) is 3. The van der Waals surface area contributed by atoms with E-state index in [1.807, 2.05) is 31.2 Å². The van der Waals surface area contributed by atoms with Gasteiger partial charge in [-0.2, -0.15) is 0 Å². The second kappa shape index (κ2) is 7.16. The molecular formula is C16H17F2NO3S. The molecule has 0 fully saturated rings. The molecule has 0 radical (unpaired) electrons. The fraction of sp³-hybridized carbons (Fsp3) is 0.250. The Hall–Kier alpha value is -1.83. The van der Waals surface area contributed by atoms with Crippen molar-refractivity contribution in [3.05, 3.63) is 65.2 Å². The summed E-state index contributed by atoms with van der Waals surface area (Å²) in [6, 6.07) is 9.87. The van der Waals surface area contributed by atoms with Gasteiger partial charge in [-0.25, -0.2) is 21.9 Å². The van der Waals surface area contributed by atoms with E-state index in [4.69, 9.17) is 4.74 Å². The minimum Gasteiger partial charge on any atom is -0.375 e. The van der Waals surface area contributed by atoms with Crippen LogP contribution >= 0.6 is 0 Å². The maximum absolute atomic E-state index is 13.2. The number of hydrogen-bond donors (Lipinski definition) is 1. The molecule has 4 nitrogen and oxygen atoms in total. The van der Waals surface area contributed by atoms with Crippen molar-refractivity contribution in [3.63, 3.8) is 0 Å². The molecule has 0 heterocycles. The van der Waals surface area contributed by atoms with Crippen LogP contribution in [0.15, 0.2) is 47.4 Å².